The molecular weight excluding hydrogens is 576 g/mol. The molecule has 1 radical (unpaired) electrons. The van der Waals surface area contributed by atoms with E-state index < -0.39 is 6.15 Å². The molecule has 0 N–H and O–H groups in total. The predicted molar refractivity (Wildman–Crippen MR) is 157 cm³/mol. The molecule has 0 fully saturated rings. The van der Waals surface area contributed by atoms with E-state index in [9.17, 15) is 0 Å². The summed E-state index contributed by atoms with van der Waals surface area (Å²) in [7, 11) is 0. The summed E-state index contributed by atoms with van der Waals surface area (Å²) in [5.41, 5.74) is 1.36. The molecular formula is C31H37BMnN3O6-. The molecule has 0 aliphatic carbocycles. The minimum absolute atomic E-state index is 0. The Morgan fingerprint density at radius 1 is 0.571 bits per heavy atom. The first kappa shape index (κ1) is 38.7. The van der Waals surface area contributed by atoms with E-state index in [0.717, 1.165) is 5.46 Å². The van der Waals surface area contributed by atoms with Gasteiger partial charge in [-0.25, -0.2) is 0 Å². The van der Waals surface area contributed by atoms with Crippen LogP contribution < -0.4 is 5.46 Å². The van der Waals surface area contributed by atoms with Crippen molar-refractivity contribution >= 4 is 29.0 Å². The molecule has 0 unspecified atom stereocenters. The Morgan fingerprint density at radius 2 is 0.857 bits per heavy atom. The van der Waals surface area contributed by atoms with Crippen LogP contribution in [0.25, 0.3) is 0 Å². The van der Waals surface area contributed by atoms with Crippen LogP contribution in [0.4, 0.5) is 0 Å². The molecule has 3 aliphatic rings. The van der Waals surface area contributed by atoms with Gasteiger partial charge in [0.05, 0.1) is 16.6 Å². The van der Waals surface area contributed by atoms with Crippen molar-refractivity contribution in [2.45, 2.75) is 65.1 Å². The molecule has 3 aliphatic heterocycles. The van der Waals surface area contributed by atoms with Crippen LogP contribution in [0.3, 0.4) is 0 Å². The van der Waals surface area contributed by atoms with Crippen molar-refractivity contribution in [2.24, 2.45) is 15.0 Å². The Kier molecular flexibility index (Phi) is 15.6. The summed E-state index contributed by atoms with van der Waals surface area (Å²) in [5.74, 6) is 1.80. The maximum atomic E-state index is 7.50. The number of aryl methyl sites for hydroxylation is 1. The molecule has 0 spiro atoms. The fourth-order valence-corrected chi connectivity index (χ4v) is 4.53. The molecule has 42 heavy (non-hydrogen) atoms. The fraction of sp³-hybridized carbons (Fsp3) is 0.419. The Morgan fingerprint density at radius 3 is 1.07 bits per heavy atom. The molecule has 223 valence electrons. The van der Waals surface area contributed by atoms with Gasteiger partial charge < -0.3 is 14.2 Å². The summed E-state index contributed by atoms with van der Waals surface area (Å²) in [5, 5.41) is 0. The third-order valence-electron chi connectivity index (χ3n) is 6.31. The molecule has 2 aromatic rings. The Labute approximate surface area is 259 Å². The number of hydrogen-bond acceptors (Lipinski definition) is 6. The number of hydrogen-bond donors (Lipinski definition) is 0. The topological polar surface area (TPSA) is 124 Å². The van der Waals surface area contributed by atoms with Gasteiger partial charge in [0, 0.05) is 34.5 Å². The molecule has 0 bridgehead atoms. The Bertz CT molecular complexity index is 1190. The van der Waals surface area contributed by atoms with E-state index in [4.69, 9.17) is 43.1 Å². The van der Waals surface area contributed by atoms with Crippen molar-refractivity contribution in [1.29, 1.82) is 0 Å². The van der Waals surface area contributed by atoms with Gasteiger partial charge in [-0.15, -0.1) is 0 Å². The third-order valence-corrected chi connectivity index (χ3v) is 6.31. The van der Waals surface area contributed by atoms with Crippen LogP contribution in [-0.2, 0) is 45.2 Å². The molecule has 5 rings (SSSR count). The Hall–Kier alpha value is -3.35. The smallest absolute Gasteiger partial charge is 0 e. The van der Waals surface area contributed by atoms with Crippen molar-refractivity contribution in [3.05, 3.63) is 86.2 Å². The minimum atomic E-state index is -1.93. The third kappa shape index (κ3) is 9.60. The molecule has 0 aromatic heterocycles. The van der Waals surface area contributed by atoms with Crippen LogP contribution in [0, 0.1) is 26.9 Å². The van der Waals surface area contributed by atoms with Crippen LogP contribution in [0.2, 0.25) is 0 Å². The van der Waals surface area contributed by atoms with Gasteiger partial charge >= 0.3 is 33.9 Å². The SMILES string of the molecule is CC1(C)COC([B-](C2=NC(C)(C)CO2)(C2=NC(C)(C)CO2)c2ccccc2)=N1.Cc1ccccc1.[C-]#[O+].[C-]#[O+].[C-]#[O+].[Mn]. The fourth-order valence-electron chi connectivity index (χ4n) is 4.53. The van der Waals surface area contributed by atoms with E-state index in [1.165, 1.54) is 5.56 Å². The second-order valence-corrected chi connectivity index (χ2v) is 11.6. The zero-order valence-electron chi connectivity index (χ0n) is 25.1. The average molecular weight is 613 g/mol. The van der Waals surface area contributed by atoms with Gasteiger partial charge in [0.25, 0.3) is 6.15 Å². The maximum Gasteiger partial charge on any atom is 0 e. The largest absolute Gasteiger partial charge is 0 e. The summed E-state index contributed by atoms with van der Waals surface area (Å²) >= 11 is 0. The molecule has 2 aromatic carbocycles. The van der Waals surface area contributed by atoms with E-state index in [1.54, 1.807) is 0 Å². The van der Waals surface area contributed by atoms with Gasteiger partial charge in [0.1, 0.15) is 19.8 Å². The van der Waals surface area contributed by atoms with E-state index in [1.807, 2.05) is 36.4 Å². The first-order valence-corrected chi connectivity index (χ1v) is 13.0. The van der Waals surface area contributed by atoms with Crippen molar-refractivity contribution in [3.63, 3.8) is 0 Å². The molecule has 3 heterocycles. The zero-order chi connectivity index (χ0) is 31.3. The minimum Gasteiger partial charge on any atom is 0 e. The quantitative estimate of drug-likeness (QED) is 0.287. The van der Waals surface area contributed by atoms with E-state index >= 15 is 0 Å². The van der Waals surface area contributed by atoms with Crippen molar-refractivity contribution in [2.75, 3.05) is 19.8 Å². The standard InChI is InChI=1S/C21H29BN3O3.C7H8.3CO.Mn/c1-19(2)12-26-16(23-19)22(15-10-8-7-9-11-15,17-24-20(3,4)13-27-17)18-25-21(5,6)14-28-18;1-7-5-3-2-4-6-7;3*1-2;/h7-11H,12-14H2,1-6H3;2-6H,1H3;;;;/q-1;;;;;. The van der Waals surface area contributed by atoms with Crippen LogP contribution >= 0.6 is 0 Å². The van der Waals surface area contributed by atoms with Crippen LogP contribution in [0.1, 0.15) is 47.1 Å². The number of nitrogens with zero attached hydrogens (tertiary/aromatic N) is 3. The van der Waals surface area contributed by atoms with Crippen molar-refractivity contribution < 1.29 is 45.2 Å². The van der Waals surface area contributed by atoms with Crippen molar-refractivity contribution in [1.82, 2.24) is 0 Å². The first-order chi connectivity index (χ1) is 19.4. The molecule has 0 atom stereocenters. The first-order valence-electron chi connectivity index (χ1n) is 13.0. The summed E-state index contributed by atoms with van der Waals surface area (Å²) < 4.78 is 41.1. The van der Waals surface area contributed by atoms with Gasteiger partial charge in [0.2, 0.25) is 0 Å². The Balaban J connectivity index is 0.00000102. The summed E-state index contributed by atoms with van der Waals surface area (Å²) in [6.45, 7) is 29.5. The van der Waals surface area contributed by atoms with Crippen molar-refractivity contribution in [3.8, 4) is 0 Å². The maximum absolute atomic E-state index is 7.50. The molecule has 11 heteroatoms. The van der Waals surface area contributed by atoms with Gasteiger partial charge in [-0.1, -0.05) is 66.2 Å². The average Bonchev–Trinajstić information content (AvgIpc) is 3.65. The molecule has 9 nitrogen and oxygen atoms in total. The second-order valence-electron chi connectivity index (χ2n) is 11.6. The van der Waals surface area contributed by atoms with Gasteiger partial charge in [-0.2, -0.15) is 5.46 Å². The van der Waals surface area contributed by atoms with Gasteiger partial charge in [0.15, 0.2) is 0 Å². The number of ether oxygens (including phenoxy) is 3. The number of benzene rings is 2. The van der Waals surface area contributed by atoms with Gasteiger partial charge in [-0.3, -0.25) is 15.0 Å². The predicted octanol–water partition coefficient (Wildman–Crippen LogP) is 4.46. The number of aliphatic imine (C=N–C) groups is 3. The van der Waals surface area contributed by atoms with Crippen LogP contribution in [0.5, 0.6) is 0 Å². The second kappa shape index (κ2) is 16.9. The summed E-state index contributed by atoms with van der Waals surface area (Å²) in [4.78, 5) is 14.9. The van der Waals surface area contributed by atoms with Crippen LogP contribution in [0.15, 0.2) is 75.6 Å². The number of rotatable bonds is 4. The molecule has 0 amide bonds. The van der Waals surface area contributed by atoms with Gasteiger partial charge in [-0.05, 0) is 48.5 Å². The van der Waals surface area contributed by atoms with E-state index in [2.05, 4.69) is 92.7 Å². The summed E-state index contributed by atoms with van der Waals surface area (Å²) in [6, 6.07) is 20.4. The molecule has 0 saturated heterocycles. The zero-order valence-corrected chi connectivity index (χ0v) is 26.3. The summed E-state index contributed by atoms with van der Waals surface area (Å²) in [6.07, 6.45) is -1.93. The normalized spacial score (nSPS) is 18.0. The van der Waals surface area contributed by atoms with Crippen LogP contribution in [-0.4, -0.2) is 60.0 Å². The monoisotopic (exact) mass is 613 g/mol. The van der Waals surface area contributed by atoms with E-state index in [0.29, 0.717) is 37.2 Å². The molecule has 0 saturated carbocycles. The van der Waals surface area contributed by atoms with E-state index in [-0.39, 0.29) is 33.7 Å².